The molecule has 0 aliphatic carbocycles. The van der Waals surface area contributed by atoms with E-state index in [2.05, 4.69) is 0 Å². The monoisotopic (exact) mass is 248 g/mol. The second kappa shape index (κ2) is 5.25. The topological polar surface area (TPSA) is 58.9 Å². The maximum atomic E-state index is 9.45. The summed E-state index contributed by atoms with van der Waals surface area (Å²) in [5, 5.41) is 20.5. The van der Waals surface area contributed by atoms with Crippen LogP contribution in [0.15, 0.2) is 24.3 Å². The fraction of sp³-hybridized carbons (Fsp3) is 0.286. The molecule has 0 atom stereocenters. The van der Waals surface area contributed by atoms with E-state index in [0.717, 1.165) is 21.9 Å². The van der Waals surface area contributed by atoms with Gasteiger partial charge in [0.1, 0.15) is 0 Å². The molecule has 2 rings (SSSR count). The van der Waals surface area contributed by atoms with Gasteiger partial charge in [-0.25, -0.2) is 0 Å². The Labute approximate surface area is 105 Å². The highest BCUT2D eigenvalue weighted by atomic mass is 16.5. The lowest BCUT2D eigenvalue weighted by molar-refractivity contribution is 0.261. The summed E-state index contributed by atoms with van der Waals surface area (Å²) in [6.07, 6.45) is 0. The molecule has 0 spiro atoms. The van der Waals surface area contributed by atoms with E-state index in [4.69, 9.17) is 9.47 Å². The Kier molecular flexibility index (Phi) is 3.69. The van der Waals surface area contributed by atoms with E-state index in [9.17, 15) is 10.2 Å². The SMILES string of the molecule is COc1cc2ccc(CO)c(CO)c2cc1OC. The van der Waals surface area contributed by atoms with Crippen LogP contribution < -0.4 is 9.47 Å². The van der Waals surface area contributed by atoms with E-state index in [-0.39, 0.29) is 13.2 Å². The average Bonchev–Trinajstić information content (AvgIpc) is 2.44. The molecule has 0 aliphatic rings. The third kappa shape index (κ3) is 2.00. The fourth-order valence-corrected chi connectivity index (χ4v) is 2.09. The highest BCUT2D eigenvalue weighted by Gasteiger charge is 2.11. The molecule has 0 aromatic heterocycles. The van der Waals surface area contributed by atoms with Crippen LogP contribution in [0.2, 0.25) is 0 Å². The van der Waals surface area contributed by atoms with E-state index in [1.807, 2.05) is 18.2 Å². The lowest BCUT2D eigenvalue weighted by atomic mass is 9.99. The molecular formula is C14H16O4. The summed E-state index contributed by atoms with van der Waals surface area (Å²) >= 11 is 0. The van der Waals surface area contributed by atoms with Crippen LogP contribution in [0.25, 0.3) is 10.8 Å². The van der Waals surface area contributed by atoms with Crippen molar-refractivity contribution >= 4 is 10.8 Å². The molecule has 0 radical (unpaired) electrons. The van der Waals surface area contributed by atoms with Gasteiger partial charge >= 0.3 is 0 Å². The summed E-state index contributed by atoms with van der Waals surface area (Å²) in [7, 11) is 3.15. The average molecular weight is 248 g/mol. The van der Waals surface area contributed by atoms with Gasteiger partial charge in [0.15, 0.2) is 11.5 Å². The first kappa shape index (κ1) is 12.7. The fourth-order valence-electron chi connectivity index (χ4n) is 2.09. The summed E-state index contributed by atoms with van der Waals surface area (Å²) in [5.74, 6) is 1.25. The Balaban J connectivity index is 2.76. The summed E-state index contributed by atoms with van der Waals surface area (Å²) in [6.45, 7) is -0.219. The Hall–Kier alpha value is -1.78. The van der Waals surface area contributed by atoms with Gasteiger partial charge in [-0.15, -0.1) is 0 Å². The van der Waals surface area contributed by atoms with Crippen molar-refractivity contribution < 1.29 is 19.7 Å². The maximum Gasteiger partial charge on any atom is 0.161 e. The number of rotatable bonds is 4. The van der Waals surface area contributed by atoms with Crippen LogP contribution in [0.5, 0.6) is 11.5 Å². The molecule has 0 saturated carbocycles. The molecule has 4 heteroatoms. The third-order valence-corrected chi connectivity index (χ3v) is 3.06. The van der Waals surface area contributed by atoms with Crippen LogP contribution in [0.4, 0.5) is 0 Å². The van der Waals surface area contributed by atoms with Crippen LogP contribution in [0.3, 0.4) is 0 Å². The number of methoxy groups -OCH3 is 2. The summed E-state index contributed by atoms with van der Waals surface area (Å²) in [5.41, 5.74) is 1.44. The molecule has 0 saturated heterocycles. The zero-order chi connectivity index (χ0) is 13.1. The molecule has 18 heavy (non-hydrogen) atoms. The summed E-state index contributed by atoms with van der Waals surface area (Å²) in [6, 6.07) is 7.37. The van der Waals surface area contributed by atoms with Crippen LogP contribution in [-0.4, -0.2) is 24.4 Å². The molecule has 0 amide bonds. The first-order chi connectivity index (χ1) is 8.74. The van der Waals surface area contributed by atoms with Crippen molar-refractivity contribution in [2.24, 2.45) is 0 Å². The number of aliphatic hydroxyl groups is 2. The first-order valence-electron chi connectivity index (χ1n) is 5.63. The molecule has 4 nitrogen and oxygen atoms in total. The third-order valence-electron chi connectivity index (χ3n) is 3.06. The van der Waals surface area contributed by atoms with Gasteiger partial charge in [-0.2, -0.15) is 0 Å². The Bertz CT molecular complexity index is 561. The van der Waals surface area contributed by atoms with Gasteiger partial charge in [0.2, 0.25) is 0 Å². The number of aliphatic hydroxyl groups excluding tert-OH is 2. The van der Waals surface area contributed by atoms with Crippen molar-refractivity contribution in [1.82, 2.24) is 0 Å². The molecule has 0 bridgehead atoms. The lowest BCUT2D eigenvalue weighted by Gasteiger charge is -2.13. The van der Waals surface area contributed by atoms with Gasteiger partial charge in [0.05, 0.1) is 27.4 Å². The van der Waals surface area contributed by atoms with Gasteiger partial charge in [0.25, 0.3) is 0 Å². The number of hydrogen-bond donors (Lipinski definition) is 2. The normalized spacial score (nSPS) is 10.7. The minimum atomic E-state index is -0.122. The Morgan fingerprint density at radius 3 is 2.17 bits per heavy atom. The number of benzene rings is 2. The summed E-state index contributed by atoms with van der Waals surface area (Å²) in [4.78, 5) is 0. The van der Waals surface area contributed by atoms with Crippen molar-refractivity contribution in [2.75, 3.05) is 14.2 Å². The molecule has 96 valence electrons. The smallest absolute Gasteiger partial charge is 0.161 e. The van der Waals surface area contributed by atoms with Gasteiger partial charge in [-0.3, -0.25) is 0 Å². The molecule has 0 heterocycles. The van der Waals surface area contributed by atoms with Crippen LogP contribution in [0, 0.1) is 0 Å². The molecule has 2 aromatic rings. The lowest BCUT2D eigenvalue weighted by Crippen LogP contribution is -1.97. The predicted octanol–water partition coefficient (Wildman–Crippen LogP) is 1.84. The van der Waals surface area contributed by atoms with Gasteiger partial charge in [-0.05, 0) is 34.0 Å². The van der Waals surface area contributed by atoms with Crippen LogP contribution in [-0.2, 0) is 13.2 Å². The zero-order valence-electron chi connectivity index (χ0n) is 10.4. The predicted molar refractivity (Wildman–Crippen MR) is 68.9 cm³/mol. The Morgan fingerprint density at radius 1 is 0.944 bits per heavy atom. The number of hydrogen-bond acceptors (Lipinski definition) is 4. The molecular weight excluding hydrogens is 232 g/mol. The standard InChI is InChI=1S/C14H16O4/c1-17-13-5-9-3-4-10(7-15)12(8-16)11(9)6-14(13)18-2/h3-6,15-16H,7-8H2,1-2H3. The van der Waals surface area contributed by atoms with E-state index >= 15 is 0 Å². The quantitative estimate of drug-likeness (QED) is 0.866. The van der Waals surface area contributed by atoms with E-state index < -0.39 is 0 Å². The largest absolute Gasteiger partial charge is 0.493 e. The molecule has 0 unspecified atom stereocenters. The van der Waals surface area contributed by atoms with Crippen LogP contribution in [0.1, 0.15) is 11.1 Å². The zero-order valence-corrected chi connectivity index (χ0v) is 10.4. The summed E-state index contributed by atoms with van der Waals surface area (Å²) < 4.78 is 10.5. The van der Waals surface area contributed by atoms with Crippen molar-refractivity contribution in [3.8, 4) is 11.5 Å². The second-order valence-corrected chi connectivity index (χ2v) is 3.95. The van der Waals surface area contributed by atoms with Crippen LogP contribution >= 0.6 is 0 Å². The van der Waals surface area contributed by atoms with E-state index in [0.29, 0.717) is 11.5 Å². The molecule has 0 fully saturated rings. The molecule has 2 aromatic carbocycles. The highest BCUT2D eigenvalue weighted by Crippen LogP contribution is 2.34. The highest BCUT2D eigenvalue weighted by molar-refractivity contribution is 5.89. The molecule has 2 N–H and O–H groups in total. The van der Waals surface area contributed by atoms with Gasteiger partial charge < -0.3 is 19.7 Å². The Morgan fingerprint density at radius 2 is 1.61 bits per heavy atom. The maximum absolute atomic E-state index is 9.45. The number of fused-ring (bicyclic) bond motifs is 1. The number of ether oxygens (including phenoxy) is 2. The van der Waals surface area contributed by atoms with Crippen molar-refractivity contribution in [1.29, 1.82) is 0 Å². The van der Waals surface area contributed by atoms with Crippen molar-refractivity contribution in [3.05, 3.63) is 35.4 Å². The van der Waals surface area contributed by atoms with Gasteiger partial charge in [0, 0.05) is 0 Å². The molecule has 0 aliphatic heterocycles. The van der Waals surface area contributed by atoms with E-state index in [1.165, 1.54) is 0 Å². The van der Waals surface area contributed by atoms with Crippen molar-refractivity contribution in [3.63, 3.8) is 0 Å². The van der Waals surface area contributed by atoms with E-state index in [1.54, 1.807) is 20.3 Å². The minimum Gasteiger partial charge on any atom is -0.493 e. The second-order valence-electron chi connectivity index (χ2n) is 3.95. The minimum absolute atomic E-state index is 0.0970. The van der Waals surface area contributed by atoms with Crippen molar-refractivity contribution in [2.45, 2.75) is 13.2 Å². The van der Waals surface area contributed by atoms with Gasteiger partial charge in [-0.1, -0.05) is 12.1 Å². The first-order valence-corrected chi connectivity index (χ1v) is 5.63.